The van der Waals surface area contributed by atoms with Gasteiger partial charge in [0.1, 0.15) is 12.0 Å². The Bertz CT molecular complexity index is 578. The molecular formula is C12H9F3N2O2. The van der Waals surface area contributed by atoms with Crippen LogP contribution in [0.15, 0.2) is 36.7 Å². The number of hydrogen-bond acceptors (Lipinski definition) is 3. The molecule has 2 aromatic rings. The van der Waals surface area contributed by atoms with Crippen molar-refractivity contribution in [1.29, 1.82) is 0 Å². The average Bonchev–Trinajstić information content (AvgIpc) is 2.76. The van der Waals surface area contributed by atoms with Crippen LogP contribution in [0.5, 0.6) is 11.5 Å². The van der Waals surface area contributed by atoms with Crippen molar-refractivity contribution in [3.8, 4) is 11.5 Å². The monoisotopic (exact) mass is 270 g/mol. The predicted octanol–water partition coefficient (Wildman–Crippen LogP) is 2.89. The summed E-state index contributed by atoms with van der Waals surface area (Å²) in [6, 6.07) is 4.89. The Morgan fingerprint density at radius 3 is 2.74 bits per heavy atom. The van der Waals surface area contributed by atoms with E-state index in [1.165, 1.54) is 35.3 Å². The van der Waals surface area contributed by atoms with E-state index in [1.807, 2.05) is 0 Å². The molecule has 0 spiro atoms. The number of carbonyl (C=O) groups excluding carboxylic acids is 1. The number of ether oxygens (including phenoxy) is 1. The molecule has 0 atom stereocenters. The molecule has 19 heavy (non-hydrogen) atoms. The topological polar surface area (TPSA) is 44.1 Å². The number of alkyl halides is 3. The van der Waals surface area contributed by atoms with Gasteiger partial charge in [-0.05, 0) is 12.1 Å². The van der Waals surface area contributed by atoms with Crippen molar-refractivity contribution in [2.24, 2.45) is 0 Å². The van der Waals surface area contributed by atoms with Crippen molar-refractivity contribution in [1.82, 2.24) is 9.78 Å². The summed E-state index contributed by atoms with van der Waals surface area (Å²) < 4.78 is 44.6. The fraction of sp³-hybridized carbons (Fsp3) is 0.167. The highest BCUT2D eigenvalue weighted by atomic mass is 19.4. The maximum atomic E-state index is 12.7. The second-order valence-corrected chi connectivity index (χ2v) is 3.66. The van der Waals surface area contributed by atoms with E-state index in [4.69, 9.17) is 4.74 Å². The molecule has 0 aliphatic carbocycles. The Morgan fingerprint density at radius 2 is 2.05 bits per heavy atom. The Labute approximate surface area is 106 Å². The summed E-state index contributed by atoms with van der Waals surface area (Å²) in [4.78, 5) is 10.3. The summed E-state index contributed by atoms with van der Waals surface area (Å²) in [5.74, 6) is -0.167. The van der Waals surface area contributed by atoms with E-state index in [0.717, 1.165) is 6.07 Å². The van der Waals surface area contributed by atoms with Crippen molar-refractivity contribution in [2.75, 3.05) is 0 Å². The minimum absolute atomic E-state index is 0.0181. The van der Waals surface area contributed by atoms with Gasteiger partial charge in [0.05, 0.1) is 24.5 Å². The van der Waals surface area contributed by atoms with Gasteiger partial charge in [-0.3, -0.25) is 4.68 Å². The molecule has 0 saturated heterocycles. The van der Waals surface area contributed by atoms with Crippen LogP contribution in [0.1, 0.15) is 5.56 Å². The van der Waals surface area contributed by atoms with Crippen molar-refractivity contribution in [3.05, 3.63) is 42.2 Å². The van der Waals surface area contributed by atoms with Gasteiger partial charge in [-0.15, -0.1) is 0 Å². The van der Waals surface area contributed by atoms with Crippen LogP contribution in [0.25, 0.3) is 0 Å². The van der Waals surface area contributed by atoms with Gasteiger partial charge in [-0.2, -0.15) is 18.3 Å². The van der Waals surface area contributed by atoms with E-state index >= 15 is 0 Å². The van der Waals surface area contributed by atoms with Gasteiger partial charge in [-0.25, -0.2) is 0 Å². The number of para-hydroxylation sites is 1. The second kappa shape index (κ2) is 5.13. The Kier molecular flexibility index (Phi) is 3.55. The van der Waals surface area contributed by atoms with Gasteiger partial charge in [0.25, 0.3) is 0 Å². The smallest absolute Gasteiger partial charge is 0.419 e. The molecule has 0 N–H and O–H groups in total. The zero-order valence-corrected chi connectivity index (χ0v) is 9.59. The number of hydrogen-bond donors (Lipinski definition) is 0. The summed E-state index contributed by atoms with van der Waals surface area (Å²) in [5, 5.41) is 3.77. The molecule has 2 rings (SSSR count). The molecule has 100 valence electrons. The van der Waals surface area contributed by atoms with E-state index in [2.05, 4.69) is 5.10 Å². The predicted molar refractivity (Wildman–Crippen MR) is 59.8 cm³/mol. The second-order valence-electron chi connectivity index (χ2n) is 3.66. The Balaban J connectivity index is 2.25. The SMILES string of the molecule is O=CCn1cc(Oc2ccccc2C(F)(F)F)cn1. The molecule has 7 heteroatoms. The zero-order valence-electron chi connectivity index (χ0n) is 9.59. The van der Waals surface area contributed by atoms with Crippen LogP contribution in [0.2, 0.25) is 0 Å². The molecule has 0 fully saturated rings. The number of benzene rings is 1. The first-order valence-corrected chi connectivity index (χ1v) is 5.31. The summed E-state index contributed by atoms with van der Waals surface area (Å²) in [7, 11) is 0. The molecule has 0 aliphatic rings. The molecular weight excluding hydrogens is 261 g/mol. The summed E-state index contributed by atoms with van der Waals surface area (Å²) >= 11 is 0. The molecule has 0 aliphatic heterocycles. The number of nitrogens with zero attached hydrogens (tertiary/aromatic N) is 2. The first kappa shape index (κ1) is 13.1. The third-order valence-electron chi connectivity index (χ3n) is 2.29. The van der Waals surface area contributed by atoms with Gasteiger partial charge >= 0.3 is 6.18 Å². The van der Waals surface area contributed by atoms with E-state index in [0.29, 0.717) is 6.29 Å². The van der Waals surface area contributed by atoms with Gasteiger partial charge < -0.3 is 9.53 Å². The van der Waals surface area contributed by atoms with E-state index in [-0.39, 0.29) is 18.0 Å². The van der Waals surface area contributed by atoms with E-state index in [1.54, 1.807) is 0 Å². The van der Waals surface area contributed by atoms with Crippen LogP contribution in [0.3, 0.4) is 0 Å². The summed E-state index contributed by atoms with van der Waals surface area (Å²) in [6.45, 7) is 0.0181. The van der Waals surface area contributed by atoms with E-state index < -0.39 is 11.7 Å². The van der Waals surface area contributed by atoms with Crippen LogP contribution >= 0.6 is 0 Å². The number of carbonyl (C=O) groups is 1. The minimum atomic E-state index is -4.49. The third kappa shape index (κ3) is 3.12. The van der Waals surface area contributed by atoms with Crippen molar-refractivity contribution in [3.63, 3.8) is 0 Å². The van der Waals surface area contributed by atoms with Crippen molar-refractivity contribution < 1.29 is 22.7 Å². The average molecular weight is 270 g/mol. The lowest BCUT2D eigenvalue weighted by molar-refractivity contribution is -0.138. The molecule has 0 amide bonds. The fourth-order valence-electron chi connectivity index (χ4n) is 1.49. The molecule has 4 nitrogen and oxygen atoms in total. The van der Waals surface area contributed by atoms with Crippen LogP contribution in [0, 0.1) is 0 Å². The lowest BCUT2D eigenvalue weighted by Crippen LogP contribution is -2.06. The van der Waals surface area contributed by atoms with Gasteiger partial charge in [0.15, 0.2) is 5.75 Å². The molecule has 1 aromatic heterocycles. The summed E-state index contributed by atoms with van der Waals surface area (Å²) in [5.41, 5.74) is -0.863. The number of halogens is 3. The van der Waals surface area contributed by atoms with Crippen LogP contribution < -0.4 is 4.74 Å². The lowest BCUT2D eigenvalue weighted by atomic mass is 10.2. The molecule has 0 bridgehead atoms. The Morgan fingerprint density at radius 1 is 1.32 bits per heavy atom. The third-order valence-corrected chi connectivity index (χ3v) is 2.29. The highest BCUT2D eigenvalue weighted by Crippen LogP contribution is 2.37. The fourth-order valence-corrected chi connectivity index (χ4v) is 1.49. The van der Waals surface area contributed by atoms with Gasteiger partial charge in [0.2, 0.25) is 0 Å². The standard InChI is InChI=1S/C12H9F3N2O2/c13-12(14,15)10-3-1-2-4-11(10)19-9-7-16-17(8-9)5-6-18/h1-4,6-8H,5H2. The van der Waals surface area contributed by atoms with Crippen LogP contribution in [-0.2, 0) is 17.5 Å². The number of aromatic nitrogens is 2. The van der Waals surface area contributed by atoms with E-state index in [9.17, 15) is 18.0 Å². The molecule has 0 unspecified atom stereocenters. The quantitative estimate of drug-likeness (QED) is 0.802. The maximum absolute atomic E-state index is 12.7. The highest BCUT2D eigenvalue weighted by Gasteiger charge is 2.34. The maximum Gasteiger partial charge on any atom is 0.419 e. The summed E-state index contributed by atoms with van der Waals surface area (Å²) in [6.07, 6.45) is -1.27. The zero-order chi connectivity index (χ0) is 13.9. The molecule has 0 saturated carbocycles. The molecule has 0 radical (unpaired) electrons. The highest BCUT2D eigenvalue weighted by molar-refractivity contribution is 5.49. The number of aldehydes is 1. The normalized spacial score (nSPS) is 11.3. The largest absolute Gasteiger partial charge is 0.453 e. The minimum Gasteiger partial charge on any atom is -0.453 e. The molecule has 1 aromatic carbocycles. The van der Waals surface area contributed by atoms with Gasteiger partial charge in [0, 0.05) is 0 Å². The van der Waals surface area contributed by atoms with Crippen LogP contribution in [-0.4, -0.2) is 16.1 Å². The number of rotatable bonds is 4. The van der Waals surface area contributed by atoms with Crippen molar-refractivity contribution in [2.45, 2.75) is 12.7 Å². The van der Waals surface area contributed by atoms with Crippen LogP contribution in [0.4, 0.5) is 13.2 Å². The lowest BCUT2D eigenvalue weighted by Gasteiger charge is -2.12. The first-order valence-electron chi connectivity index (χ1n) is 5.31. The molecule has 1 heterocycles. The first-order chi connectivity index (χ1) is 9.00. The van der Waals surface area contributed by atoms with Gasteiger partial charge in [-0.1, -0.05) is 12.1 Å². The Hall–Kier alpha value is -2.31. The van der Waals surface area contributed by atoms with Crippen molar-refractivity contribution >= 4 is 6.29 Å².